The molecule has 136 valence electrons. The Morgan fingerprint density at radius 3 is 2.81 bits per heavy atom. The maximum Gasteiger partial charge on any atom is 0.245 e. The van der Waals surface area contributed by atoms with E-state index in [4.69, 9.17) is 0 Å². The summed E-state index contributed by atoms with van der Waals surface area (Å²) in [6, 6.07) is 13.4. The van der Waals surface area contributed by atoms with E-state index >= 15 is 0 Å². The Bertz CT molecular complexity index is 1020. The predicted molar refractivity (Wildman–Crippen MR) is 109 cm³/mol. The van der Waals surface area contributed by atoms with E-state index < -0.39 is 10.0 Å². The predicted octanol–water partition coefficient (Wildman–Crippen LogP) is 4.47. The van der Waals surface area contributed by atoms with Crippen LogP contribution in [0.15, 0.2) is 52.7 Å². The molecule has 1 aliphatic heterocycles. The number of para-hydroxylation sites is 1. The zero-order chi connectivity index (χ0) is 18.1. The number of rotatable bonds is 3. The number of hydrogen-bond donors (Lipinski definition) is 0. The lowest BCUT2D eigenvalue weighted by molar-refractivity contribution is 0.429. The highest BCUT2D eigenvalue weighted by Gasteiger charge is 2.30. The number of fused-ring (bicyclic) bond motifs is 1. The molecular formula is C19H20N2O2S3. The third-order valence-corrected chi connectivity index (χ3v) is 8.98. The van der Waals surface area contributed by atoms with E-state index in [1.807, 2.05) is 36.9 Å². The molecule has 3 heterocycles. The van der Waals surface area contributed by atoms with Crippen molar-refractivity contribution < 1.29 is 8.42 Å². The van der Waals surface area contributed by atoms with Gasteiger partial charge in [-0.15, -0.1) is 11.3 Å². The van der Waals surface area contributed by atoms with Gasteiger partial charge in [0, 0.05) is 40.0 Å². The minimum Gasteiger partial charge on any atom is -0.252 e. The highest BCUT2D eigenvalue weighted by molar-refractivity contribution is 7.99. The molecule has 1 atom stereocenters. The second-order valence-electron chi connectivity index (χ2n) is 6.35. The topological polar surface area (TPSA) is 50.3 Å². The fourth-order valence-electron chi connectivity index (χ4n) is 3.26. The van der Waals surface area contributed by atoms with Crippen molar-refractivity contribution in [3.63, 3.8) is 0 Å². The van der Waals surface area contributed by atoms with Gasteiger partial charge in [-0.1, -0.05) is 24.3 Å². The molecular weight excluding hydrogens is 384 g/mol. The Morgan fingerprint density at radius 1 is 1.12 bits per heavy atom. The summed E-state index contributed by atoms with van der Waals surface area (Å²) in [7, 11) is -3.56. The summed E-state index contributed by atoms with van der Waals surface area (Å²) in [6.07, 6.45) is 0.835. The molecule has 0 bridgehead atoms. The maximum atomic E-state index is 13.3. The minimum absolute atomic E-state index is 0.318. The van der Waals surface area contributed by atoms with Crippen LogP contribution < -0.4 is 0 Å². The van der Waals surface area contributed by atoms with Crippen LogP contribution in [0.4, 0.5) is 0 Å². The van der Waals surface area contributed by atoms with Gasteiger partial charge in [-0.2, -0.15) is 16.1 Å². The summed E-state index contributed by atoms with van der Waals surface area (Å²) >= 11 is 3.60. The molecule has 3 aromatic rings. The molecule has 1 aromatic carbocycles. The maximum absolute atomic E-state index is 13.3. The SMILES string of the molecule is Cc1ccc2cccc(S(=O)(=O)N3CCSC(c4cccs4)CC3)c2n1. The van der Waals surface area contributed by atoms with E-state index in [2.05, 4.69) is 22.5 Å². The molecule has 26 heavy (non-hydrogen) atoms. The molecule has 0 aliphatic carbocycles. The zero-order valence-electron chi connectivity index (χ0n) is 14.5. The van der Waals surface area contributed by atoms with Crippen LogP contribution >= 0.6 is 23.1 Å². The summed E-state index contributed by atoms with van der Waals surface area (Å²) in [5.74, 6) is 0.805. The first-order valence-corrected chi connectivity index (χ1v) is 11.9. The normalized spacial score (nSPS) is 19.5. The van der Waals surface area contributed by atoms with Gasteiger partial charge in [-0.3, -0.25) is 4.98 Å². The first-order chi connectivity index (χ1) is 12.6. The molecule has 1 saturated heterocycles. The molecule has 0 N–H and O–H groups in total. The summed E-state index contributed by atoms with van der Waals surface area (Å²) in [4.78, 5) is 6.15. The van der Waals surface area contributed by atoms with E-state index in [9.17, 15) is 8.42 Å². The molecule has 4 rings (SSSR count). The van der Waals surface area contributed by atoms with Gasteiger partial charge in [0.25, 0.3) is 0 Å². The molecule has 0 radical (unpaired) electrons. The van der Waals surface area contributed by atoms with Crippen LogP contribution in [0.25, 0.3) is 10.9 Å². The quantitative estimate of drug-likeness (QED) is 0.646. The van der Waals surface area contributed by atoms with Crippen molar-refractivity contribution in [3.8, 4) is 0 Å². The van der Waals surface area contributed by atoms with Crippen LogP contribution in [0.5, 0.6) is 0 Å². The van der Waals surface area contributed by atoms with Crippen LogP contribution in [0.1, 0.15) is 22.2 Å². The Morgan fingerprint density at radius 2 is 2.00 bits per heavy atom. The number of nitrogens with zero attached hydrogens (tertiary/aromatic N) is 2. The van der Waals surface area contributed by atoms with Crippen molar-refractivity contribution in [3.05, 3.63) is 58.4 Å². The highest BCUT2D eigenvalue weighted by Crippen LogP contribution is 2.38. The number of hydrogen-bond acceptors (Lipinski definition) is 5. The summed E-state index contributed by atoms with van der Waals surface area (Å²) in [5, 5.41) is 3.32. The molecule has 2 aromatic heterocycles. The number of aryl methyl sites for hydroxylation is 1. The number of aromatic nitrogens is 1. The Labute approximate surface area is 162 Å². The van der Waals surface area contributed by atoms with Crippen LogP contribution in [-0.2, 0) is 10.0 Å². The smallest absolute Gasteiger partial charge is 0.245 e. The molecule has 4 nitrogen and oxygen atoms in total. The van der Waals surface area contributed by atoms with Crippen molar-refractivity contribution in [1.29, 1.82) is 0 Å². The Hall–Kier alpha value is -1.41. The Kier molecular flexibility index (Phi) is 5.05. The van der Waals surface area contributed by atoms with Crippen molar-refractivity contribution in [2.75, 3.05) is 18.8 Å². The summed E-state index contributed by atoms with van der Waals surface area (Å²) < 4.78 is 28.3. The Balaban J connectivity index is 1.66. The molecule has 1 aliphatic rings. The van der Waals surface area contributed by atoms with Crippen molar-refractivity contribution in [2.24, 2.45) is 0 Å². The lowest BCUT2D eigenvalue weighted by atomic mass is 10.2. The third kappa shape index (κ3) is 3.41. The number of sulfonamides is 1. The van der Waals surface area contributed by atoms with Crippen molar-refractivity contribution >= 4 is 44.0 Å². The standard InChI is InChI=1S/C19H20N2O2S3/c1-14-7-8-15-4-2-6-18(19(15)20-14)26(22,23)21-10-9-17(25-13-11-21)16-5-3-12-24-16/h2-8,12,17H,9-11,13H2,1H3. The van der Waals surface area contributed by atoms with Gasteiger partial charge in [0.1, 0.15) is 4.90 Å². The lowest BCUT2D eigenvalue weighted by Crippen LogP contribution is -2.33. The van der Waals surface area contributed by atoms with Crippen LogP contribution in [0.2, 0.25) is 0 Å². The van der Waals surface area contributed by atoms with Crippen molar-refractivity contribution in [1.82, 2.24) is 9.29 Å². The summed E-state index contributed by atoms with van der Waals surface area (Å²) in [5.41, 5.74) is 1.39. The van der Waals surface area contributed by atoms with E-state index in [0.717, 1.165) is 23.3 Å². The fraction of sp³-hybridized carbons (Fsp3) is 0.316. The van der Waals surface area contributed by atoms with Gasteiger partial charge in [-0.25, -0.2) is 8.42 Å². The number of thiophene rings is 1. The number of pyridine rings is 1. The largest absolute Gasteiger partial charge is 0.252 e. The van der Waals surface area contributed by atoms with Crippen LogP contribution in [-0.4, -0.2) is 36.5 Å². The monoisotopic (exact) mass is 404 g/mol. The van der Waals surface area contributed by atoms with Crippen LogP contribution in [0.3, 0.4) is 0 Å². The van der Waals surface area contributed by atoms with Crippen molar-refractivity contribution in [2.45, 2.75) is 23.5 Å². The lowest BCUT2D eigenvalue weighted by Gasteiger charge is -2.20. The average molecular weight is 405 g/mol. The van der Waals surface area contributed by atoms with E-state index in [1.165, 1.54) is 4.88 Å². The van der Waals surface area contributed by atoms with Crippen LogP contribution in [0, 0.1) is 6.92 Å². The number of benzene rings is 1. The molecule has 7 heteroatoms. The minimum atomic E-state index is -3.56. The molecule has 0 saturated carbocycles. The average Bonchev–Trinajstić information content (AvgIpc) is 3.05. The fourth-order valence-corrected chi connectivity index (χ4v) is 7.22. The van der Waals surface area contributed by atoms with Gasteiger partial charge in [0.2, 0.25) is 10.0 Å². The van der Waals surface area contributed by atoms with E-state index in [1.54, 1.807) is 27.8 Å². The van der Waals surface area contributed by atoms with Gasteiger partial charge in [-0.05, 0) is 36.9 Å². The molecule has 1 unspecified atom stereocenters. The molecule has 0 spiro atoms. The molecule has 0 amide bonds. The van der Waals surface area contributed by atoms with Gasteiger partial charge >= 0.3 is 0 Å². The van der Waals surface area contributed by atoms with Gasteiger partial charge < -0.3 is 0 Å². The second-order valence-corrected chi connectivity index (χ2v) is 10.5. The number of thioether (sulfide) groups is 1. The first-order valence-electron chi connectivity index (χ1n) is 8.57. The third-order valence-electron chi connectivity index (χ3n) is 4.60. The zero-order valence-corrected chi connectivity index (χ0v) is 16.9. The summed E-state index contributed by atoms with van der Waals surface area (Å²) in [6.45, 7) is 2.97. The second kappa shape index (κ2) is 7.31. The van der Waals surface area contributed by atoms with Gasteiger partial charge in [0.15, 0.2) is 0 Å². The van der Waals surface area contributed by atoms with Gasteiger partial charge in [0.05, 0.1) is 5.52 Å². The highest BCUT2D eigenvalue weighted by atomic mass is 32.2. The van der Waals surface area contributed by atoms with E-state index in [-0.39, 0.29) is 0 Å². The molecule has 1 fully saturated rings. The first kappa shape index (κ1) is 18.0. The van der Waals surface area contributed by atoms with E-state index in [0.29, 0.717) is 28.8 Å².